The van der Waals surface area contributed by atoms with Crippen LogP contribution in [-0.2, 0) is 40.0 Å². The molecule has 1 atom stereocenters. The van der Waals surface area contributed by atoms with Gasteiger partial charge in [0.1, 0.15) is 25.9 Å². The van der Waals surface area contributed by atoms with Crippen LogP contribution in [0.1, 0.15) is 139 Å². The van der Waals surface area contributed by atoms with Gasteiger partial charge in [-0.2, -0.15) is 0 Å². The van der Waals surface area contributed by atoms with Crippen molar-refractivity contribution >= 4 is 35.4 Å². The Morgan fingerprint density at radius 2 is 1.54 bits per heavy atom. The second-order valence-corrected chi connectivity index (χ2v) is 17.0. The molecule has 0 aromatic heterocycles. The molecule has 1 aromatic carbocycles. The number of carbonyl (C=O) groups is 5. The van der Waals surface area contributed by atoms with Crippen molar-refractivity contribution in [1.29, 1.82) is 0 Å². The number of alkyl carbamates (subject to hydrolysis) is 1. The van der Waals surface area contributed by atoms with Gasteiger partial charge in [-0.1, -0.05) is 53.2 Å². The molecule has 0 saturated heterocycles. The summed E-state index contributed by atoms with van der Waals surface area (Å²) in [6.45, 7) is 19.7. The quantitative estimate of drug-likeness (QED) is 0.0312. The second kappa shape index (κ2) is 35.0. The predicted octanol–water partition coefficient (Wildman–Crippen LogP) is 5.24. The predicted molar refractivity (Wildman–Crippen MR) is 251 cm³/mol. The summed E-state index contributed by atoms with van der Waals surface area (Å²) in [5.74, 6) is 5.72. The zero-order valence-corrected chi connectivity index (χ0v) is 40.0. The molecule has 63 heavy (non-hydrogen) atoms. The van der Waals surface area contributed by atoms with Gasteiger partial charge < -0.3 is 57.7 Å². The van der Waals surface area contributed by atoms with Crippen LogP contribution in [0.3, 0.4) is 0 Å². The molecular weight excluding hydrogens is 807 g/mol. The number of unbranched alkanes of at least 4 members (excludes halogenated alkanes) is 2. The molecule has 1 aliphatic carbocycles. The minimum atomic E-state index is -0.806. The Kier molecular flexibility index (Phi) is 32.5. The van der Waals surface area contributed by atoms with Crippen LogP contribution in [0.15, 0.2) is 36.2 Å². The van der Waals surface area contributed by atoms with E-state index >= 15 is 0 Å². The third kappa shape index (κ3) is 30.3. The van der Waals surface area contributed by atoms with Crippen molar-refractivity contribution in [2.24, 2.45) is 35.1 Å². The minimum absolute atomic E-state index is 0.0251. The molecule has 2 rings (SSSR count). The molecule has 17 nitrogen and oxygen atoms in total. The summed E-state index contributed by atoms with van der Waals surface area (Å²) in [6, 6.07) is 6.02. The van der Waals surface area contributed by atoms with E-state index in [4.69, 9.17) is 31.5 Å². The van der Waals surface area contributed by atoms with Gasteiger partial charge in [-0.3, -0.25) is 25.0 Å². The highest BCUT2D eigenvalue weighted by Gasteiger charge is 2.26. The van der Waals surface area contributed by atoms with E-state index in [9.17, 15) is 24.0 Å². The van der Waals surface area contributed by atoms with Crippen molar-refractivity contribution in [1.82, 2.24) is 26.7 Å². The number of rotatable bonds is 27. The highest BCUT2D eigenvalue weighted by Crippen LogP contribution is 2.32. The van der Waals surface area contributed by atoms with E-state index in [1.807, 2.05) is 41.5 Å². The van der Waals surface area contributed by atoms with Gasteiger partial charge in [0, 0.05) is 42.7 Å². The molecule has 0 bridgehead atoms. The lowest BCUT2D eigenvalue weighted by atomic mass is 9.78. The molecule has 5 amide bonds. The highest BCUT2D eigenvalue weighted by atomic mass is 16.5. The standard InChI is InChI=1S/C30H51N5O7.C14H28N4O.C2H6/c1-6-7-18-42-30(4,5)15-17-32-26(36)20-40-21-27(37)35-25(10-8-9-16-31)28(38)34-24-13-11-23(12-14-24)19-41-29(39)33-22(2)3;1-10(2)7-11-3-5-12(6-4-11)14(19)17-8-13(15)9-18-16;1-2/h11-14,22,25H,6-10,15-21,31H2,1-5H3,(H,32,36)(H,33,39)(H,34,38)(H,35,37);9-12,18H,3-8,15-16H2,1-2H3,(H,17,19);1-2H3/b;13-9-;. The van der Waals surface area contributed by atoms with Crippen LogP contribution in [0.25, 0.3) is 0 Å². The summed E-state index contributed by atoms with van der Waals surface area (Å²) in [4.78, 5) is 61.2. The molecule has 1 unspecified atom stereocenters. The van der Waals surface area contributed by atoms with Gasteiger partial charge in [-0.15, -0.1) is 0 Å². The van der Waals surface area contributed by atoms with Gasteiger partial charge in [0.2, 0.25) is 23.6 Å². The van der Waals surface area contributed by atoms with Crippen LogP contribution in [0.5, 0.6) is 0 Å². The Hall–Kier alpha value is -4.45. The van der Waals surface area contributed by atoms with Crippen LogP contribution in [0.2, 0.25) is 0 Å². The number of nitrogens with one attached hydrogen (secondary N) is 6. The first kappa shape index (κ1) is 58.6. The first-order valence-corrected chi connectivity index (χ1v) is 23.0. The van der Waals surface area contributed by atoms with Crippen molar-refractivity contribution in [3.05, 3.63) is 41.7 Å². The van der Waals surface area contributed by atoms with Crippen molar-refractivity contribution in [2.75, 3.05) is 44.8 Å². The summed E-state index contributed by atoms with van der Waals surface area (Å²) < 4.78 is 16.3. The van der Waals surface area contributed by atoms with E-state index in [0.717, 1.165) is 43.1 Å². The van der Waals surface area contributed by atoms with E-state index in [1.54, 1.807) is 24.3 Å². The van der Waals surface area contributed by atoms with Gasteiger partial charge in [0.15, 0.2) is 0 Å². The molecule has 17 heteroatoms. The second-order valence-electron chi connectivity index (χ2n) is 17.0. The number of nitrogens with two attached hydrogens (primary N) is 3. The lowest BCUT2D eigenvalue weighted by Gasteiger charge is -2.28. The van der Waals surface area contributed by atoms with E-state index in [0.29, 0.717) is 63.3 Å². The molecule has 0 spiro atoms. The fourth-order valence-corrected chi connectivity index (χ4v) is 6.51. The van der Waals surface area contributed by atoms with Gasteiger partial charge >= 0.3 is 6.09 Å². The van der Waals surface area contributed by atoms with Crippen molar-refractivity contribution in [3.63, 3.8) is 0 Å². The Bertz CT molecular complexity index is 1450. The molecule has 0 radical (unpaired) electrons. The number of amides is 5. The zero-order chi connectivity index (χ0) is 47.6. The number of hydrogen-bond donors (Lipinski definition) is 9. The summed E-state index contributed by atoms with van der Waals surface area (Å²) >= 11 is 0. The molecule has 1 aliphatic rings. The normalized spacial score (nSPS) is 15.4. The lowest BCUT2D eigenvalue weighted by molar-refractivity contribution is -0.133. The third-order valence-corrected chi connectivity index (χ3v) is 9.86. The largest absolute Gasteiger partial charge is 0.445 e. The first-order valence-electron chi connectivity index (χ1n) is 23.0. The van der Waals surface area contributed by atoms with Crippen molar-refractivity contribution < 1.29 is 38.2 Å². The molecule has 1 saturated carbocycles. The third-order valence-electron chi connectivity index (χ3n) is 9.86. The smallest absolute Gasteiger partial charge is 0.407 e. The molecular formula is C46H85N9O8. The SMILES string of the molecule is CC.CC(C)CC1CCC(C(=O)NC/C(N)=C/NN)CC1.CCCCOC(C)(C)CCNC(=O)COCC(=O)NC(CCCCN)C(=O)Nc1ccc(COC(=O)NC(C)C)cc1. The number of hydrazine groups is 1. The number of benzene rings is 1. The van der Waals surface area contributed by atoms with Crippen LogP contribution in [0, 0.1) is 17.8 Å². The molecule has 12 N–H and O–H groups in total. The Morgan fingerprint density at radius 3 is 2.13 bits per heavy atom. The van der Waals surface area contributed by atoms with E-state index < -0.39 is 18.0 Å². The average molecular weight is 892 g/mol. The van der Waals surface area contributed by atoms with Crippen LogP contribution < -0.4 is 49.3 Å². The molecule has 0 heterocycles. The van der Waals surface area contributed by atoms with Crippen LogP contribution in [0.4, 0.5) is 10.5 Å². The number of carbonyl (C=O) groups excluding carboxylic acids is 5. The maximum Gasteiger partial charge on any atom is 0.407 e. The molecule has 1 aromatic rings. The number of ether oxygens (including phenoxy) is 3. The fourth-order valence-electron chi connectivity index (χ4n) is 6.51. The Labute approximate surface area is 378 Å². The van der Waals surface area contributed by atoms with Gasteiger partial charge in [-0.25, -0.2) is 4.79 Å². The summed E-state index contributed by atoms with van der Waals surface area (Å²) in [7, 11) is 0. The number of hydrogen-bond acceptors (Lipinski definition) is 12. The van der Waals surface area contributed by atoms with Gasteiger partial charge in [0.25, 0.3) is 0 Å². The maximum absolute atomic E-state index is 13.0. The van der Waals surface area contributed by atoms with E-state index in [1.165, 1.54) is 25.5 Å². The molecule has 0 aliphatic heterocycles. The lowest BCUT2D eigenvalue weighted by Crippen LogP contribution is -2.45. The average Bonchev–Trinajstić information content (AvgIpc) is 3.23. The van der Waals surface area contributed by atoms with E-state index in [2.05, 4.69) is 52.8 Å². The Morgan fingerprint density at radius 1 is 0.889 bits per heavy atom. The van der Waals surface area contributed by atoms with Crippen LogP contribution in [-0.4, -0.2) is 86.9 Å². The summed E-state index contributed by atoms with van der Waals surface area (Å²) in [6.07, 6.45) is 11.1. The van der Waals surface area contributed by atoms with Crippen molar-refractivity contribution in [3.8, 4) is 0 Å². The van der Waals surface area contributed by atoms with Crippen molar-refractivity contribution in [2.45, 2.75) is 157 Å². The molecule has 362 valence electrons. The zero-order valence-electron chi connectivity index (χ0n) is 40.0. The topological polar surface area (TPSA) is 263 Å². The summed E-state index contributed by atoms with van der Waals surface area (Å²) in [5.41, 5.74) is 15.1. The fraction of sp³-hybridized carbons (Fsp3) is 0.717. The van der Waals surface area contributed by atoms with Gasteiger partial charge in [-0.05, 0) is 128 Å². The first-order chi connectivity index (χ1) is 30.0. The summed E-state index contributed by atoms with van der Waals surface area (Å²) in [5, 5.41) is 13.8. The minimum Gasteiger partial charge on any atom is -0.445 e. The molecule has 1 fully saturated rings. The van der Waals surface area contributed by atoms with Gasteiger partial charge in [0.05, 0.1) is 12.1 Å². The van der Waals surface area contributed by atoms with E-state index in [-0.39, 0.29) is 55.1 Å². The Balaban J connectivity index is 0.00000152. The highest BCUT2D eigenvalue weighted by molar-refractivity contribution is 5.97. The van der Waals surface area contributed by atoms with Crippen LogP contribution >= 0.6 is 0 Å². The number of anilines is 1. The monoisotopic (exact) mass is 892 g/mol. The maximum atomic E-state index is 13.0.